The zero-order chi connectivity index (χ0) is 13.8. The van der Waals surface area contributed by atoms with Gasteiger partial charge in [0.05, 0.1) is 13.2 Å². The molecule has 1 fully saturated rings. The molecule has 102 valence electrons. The third-order valence-electron chi connectivity index (χ3n) is 2.91. The van der Waals surface area contributed by atoms with Gasteiger partial charge in [0.2, 0.25) is 5.91 Å². The van der Waals surface area contributed by atoms with Crippen LogP contribution in [0.2, 0.25) is 5.15 Å². The Morgan fingerprint density at radius 3 is 3.05 bits per heavy atom. The Bertz CT molecular complexity index is 495. The Morgan fingerprint density at radius 2 is 2.37 bits per heavy atom. The molecule has 1 aliphatic heterocycles. The van der Waals surface area contributed by atoms with E-state index < -0.39 is 6.04 Å². The van der Waals surface area contributed by atoms with Crippen LogP contribution in [0.4, 0.5) is 0 Å². The number of carbonyl (C=O) groups excluding carboxylic acids is 2. The third kappa shape index (κ3) is 3.02. The highest BCUT2D eigenvalue weighted by atomic mass is 35.5. The Labute approximate surface area is 115 Å². The van der Waals surface area contributed by atoms with Crippen molar-refractivity contribution in [2.24, 2.45) is 0 Å². The lowest BCUT2D eigenvalue weighted by molar-refractivity contribution is -0.130. The van der Waals surface area contributed by atoms with E-state index in [1.165, 1.54) is 24.2 Å². The van der Waals surface area contributed by atoms with Gasteiger partial charge in [-0.15, -0.1) is 0 Å². The number of nitrogens with zero attached hydrogens (tertiary/aromatic N) is 2. The van der Waals surface area contributed by atoms with Crippen molar-refractivity contribution in [3.05, 3.63) is 29.0 Å². The maximum Gasteiger partial charge on any atom is 0.254 e. The van der Waals surface area contributed by atoms with Gasteiger partial charge in [-0.3, -0.25) is 9.59 Å². The molecular weight excluding hydrogens is 270 g/mol. The quantitative estimate of drug-likeness (QED) is 0.794. The first-order chi connectivity index (χ1) is 9.13. The van der Waals surface area contributed by atoms with Crippen molar-refractivity contribution in [3.8, 4) is 0 Å². The smallest absolute Gasteiger partial charge is 0.254 e. The SMILES string of the molecule is CNC(=O)C1COCCN1C(=O)c1ccnc(Cl)c1. The summed E-state index contributed by atoms with van der Waals surface area (Å²) >= 11 is 5.77. The topological polar surface area (TPSA) is 71.5 Å². The zero-order valence-corrected chi connectivity index (χ0v) is 11.2. The number of aromatic nitrogens is 1. The average Bonchev–Trinajstić information content (AvgIpc) is 2.45. The number of hydrogen-bond acceptors (Lipinski definition) is 4. The molecule has 2 amide bonds. The highest BCUT2D eigenvalue weighted by Gasteiger charge is 2.32. The van der Waals surface area contributed by atoms with E-state index in [9.17, 15) is 9.59 Å². The predicted molar refractivity (Wildman–Crippen MR) is 69.0 cm³/mol. The van der Waals surface area contributed by atoms with Gasteiger partial charge in [-0.25, -0.2) is 4.98 Å². The molecule has 1 saturated heterocycles. The minimum atomic E-state index is -0.613. The summed E-state index contributed by atoms with van der Waals surface area (Å²) in [7, 11) is 1.53. The minimum absolute atomic E-state index is 0.199. The van der Waals surface area contributed by atoms with E-state index in [1.54, 1.807) is 6.07 Å². The first kappa shape index (κ1) is 13.8. The Morgan fingerprint density at radius 1 is 1.58 bits per heavy atom. The van der Waals surface area contributed by atoms with E-state index in [4.69, 9.17) is 16.3 Å². The van der Waals surface area contributed by atoms with Gasteiger partial charge >= 0.3 is 0 Å². The molecule has 1 N–H and O–H groups in total. The third-order valence-corrected chi connectivity index (χ3v) is 3.12. The van der Waals surface area contributed by atoms with Crippen molar-refractivity contribution in [2.75, 3.05) is 26.8 Å². The fourth-order valence-corrected chi connectivity index (χ4v) is 2.11. The van der Waals surface area contributed by atoms with Crippen LogP contribution in [0.5, 0.6) is 0 Å². The molecule has 2 rings (SSSR count). The van der Waals surface area contributed by atoms with Crippen LogP contribution in [0.15, 0.2) is 18.3 Å². The molecule has 0 bridgehead atoms. The summed E-state index contributed by atoms with van der Waals surface area (Å²) in [5, 5.41) is 2.78. The van der Waals surface area contributed by atoms with Gasteiger partial charge in [0.1, 0.15) is 11.2 Å². The van der Waals surface area contributed by atoms with Crippen LogP contribution in [0.25, 0.3) is 0 Å². The number of halogens is 1. The molecule has 6 nitrogen and oxygen atoms in total. The number of ether oxygens (including phenoxy) is 1. The lowest BCUT2D eigenvalue weighted by atomic mass is 10.1. The van der Waals surface area contributed by atoms with Crippen molar-refractivity contribution >= 4 is 23.4 Å². The highest BCUT2D eigenvalue weighted by Crippen LogP contribution is 2.14. The first-order valence-electron chi connectivity index (χ1n) is 5.85. The summed E-state index contributed by atoms with van der Waals surface area (Å²) in [6, 6.07) is 2.45. The molecule has 1 aliphatic rings. The second-order valence-electron chi connectivity index (χ2n) is 4.07. The molecule has 0 aliphatic carbocycles. The number of amides is 2. The van der Waals surface area contributed by atoms with Crippen molar-refractivity contribution in [2.45, 2.75) is 6.04 Å². The molecule has 0 saturated carbocycles. The lowest BCUT2D eigenvalue weighted by Crippen LogP contribution is -2.55. The minimum Gasteiger partial charge on any atom is -0.377 e. The van der Waals surface area contributed by atoms with Crippen LogP contribution >= 0.6 is 11.6 Å². The molecule has 7 heteroatoms. The van der Waals surface area contributed by atoms with E-state index in [0.717, 1.165) is 0 Å². The number of carbonyl (C=O) groups is 2. The summed E-state index contributed by atoms with van der Waals surface area (Å²) in [4.78, 5) is 29.5. The fraction of sp³-hybridized carbons (Fsp3) is 0.417. The van der Waals surface area contributed by atoms with Gasteiger partial charge in [0.25, 0.3) is 5.91 Å². The Hall–Kier alpha value is -1.66. The van der Waals surface area contributed by atoms with Gasteiger partial charge in [-0.2, -0.15) is 0 Å². The highest BCUT2D eigenvalue weighted by molar-refractivity contribution is 6.29. The molecule has 19 heavy (non-hydrogen) atoms. The molecule has 0 radical (unpaired) electrons. The molecule has 1 aromatic rings. The van der Waals surface area contributed by atoms with E-state index in [1.807, 2.05) is 0 Å². The normalized spacial score (nSPS) is 19.1. The molecule has 0 spiro atoms. The first-order valence-corrected chi connectivity index (χ1v) is 6.23. The summed E-state index contributed by atoms with van der Waals surface area (Å²) < 4.78 is 5.25. The van der Waals surface area contributed by atoms with Crippen LogP contribution in [-0.2, 0) is 9.53 Å². The van der Waals surface area contributed by atoms with Crippen molar-refractivity contribution in [3.63, 3.8) is 0 Å². The van der Waals surface area contributed by atoms with Crippen LogP contribution in [0.3, 0.4) is 0 Å². The second-order valence-corrected chi connectivity index (χ2v) is 4.46. The molecule has 1 atom stereocenters. The monoisotopic (exact) mass is 283 g/mol. The molecular formula is C12H14ClN3O3. The summed E-state index contributed by atoms with van der Waals surface area (Å²) in [6.45, 7) is 0.985. The largest absolute Gasteiger partial charge is 0.377 e. The van der Waals surface area contributed by atoms with Gasteiger partial charge in [0.15, 0.2) is 0 Å². The van der Waals surface area contributed by atoms with Crippen LogP contribution < -0.4 is 5.32 Å². The van der Waals surface area contributed by atoms with Crippen LogP contribution in [-0.4, -0.2) is 54.5 Å². The van der Waals surface area contributed by atoms with Crippen molar-refractivity contribution in [1.82, 2.24) is 15.2 Å². The molecule has 2 heterocycles. The van der Waals surface area contributed by atoms with Crippen molar-refractivity contribution < 1.29 is 14.3 Å². The molecule has 0 aromatic carbocycles. The summed E-state index contributed by atoms with van der Waals surface area (Å²) in [6.07, 6.45) is 1.46. The predicted octanol–water partition coefficient (Wildman–Crippen LogP) is 0.322. The molecule has 1 aromatic heterocycles. The fourth-order valence-electron chi connectivity index (χ4n) is 1.93. The summed E-state index contributed by atoms with van der Waals surface area (Å²) in [5.74, 6) is -0.491. The van der Waals surface area contributed by atoms with E-state index in [0.29, 0.717) is 18.7 Å². The van der Waals surface area contributed by atoms with E-state index in [2.05, 4.69) is 10.3 Å². The number of hydrogen-bond donors (Lipinski definition) is 1. The van der Waals surface area contributed by atoms with Gasteiger partial charge < -0.3 is 15.0 Å². The van der Waals surface area contributed by atoms with E-state index >= 15 is 0 Å². The number of nitrogens with one attached hydrogen (secondary N) is 1. The van der Waals surface area contributed by atoms with Gasteiger partial charge in [0, 0.05) is 25.4 Å². The molecule has 1 unspecified atom stereocenters. The van der Waals surface area contributed by atoms with Crippen molar-refractivity contribution in [1.29, 1.82) is 0 Å². The van der Waals surface area contributed by atoms with E-state index in [-0.39, 0.29) is 23.6 Å². The Balaban J connectivity index is 2.22. The number of likely N-dealkylation sites (N-methyl/N-ethyl adjacent to an activating group) is 1. The maximum atomic E-state index is 12.4. The number of pyridine rings is 1. The second kappa shape index (κ2) is 5.99. The maximum absolute atomic E-state index is 12.4. The lowest BCUT2D eigenvalue weighted by Gasteiger charge is -2.34. The zero-order valence-electron chi connectivity index (χ0n) is 10.4. The Kier molecular flexibility index (Phi) is 4.34. The average molecular weight is 284 g/mol. The van der Waals surface area contributed by atoms with Gasteiger partial charge in [-0.05, 0) is 12.1 Å². The number of morpholine rings is 1. The number of rotatable bonds is 2. The summed E-state index contributed by atoms with van der Waals surface area (Å²) in [5.41, 5.74) is 0.413. The van der Waals surface area contributed by atoms with Crippen LogP contribution in [0, 0.1) is 0 Å². The standard InChI is InChI=1S/C12H14ClN3O3/c1-14-11(17)9-7-19-5-4-16(9)12(18)8-2-3-15-10(13)6-8/h2-3,6,9H,4-5,7H2,1H3,(H,14,17). The van der Waals surface area contributed by atoms with Crippen LogP contribution in [0.1, 0.15) is 10.4 Å². The van der Waals surface area contributed by atoms with Gasteiger partial charge in [-0.1, -0.05) is 11.6 Å².